The predicted molar refractivity (Wildman–Crippen MR) is 101 cm³/mol. The van der Waals surface area contributed by atoms with Crippen LogP contribution >= 0.6 is 0 Å². The number of hydrogen-bond donors (Lipinski definition) is 1. The van der Waals surface area contributed by atoms with E-state index < -0.39 is 0 Å². The smallest absolute Gasteiger partial charge is 0.0410 e. The molecule has 1 atom stereocenters. The normalized spacial score (nSPS) is 19.8. The van der Waals surface area contributed by atoms with Crippen molar-refractivity contribution in [1.29, 1.82) is 0 Å². The van der Waals surface area contributed by atoms with Crippen molar-refractivity contribution in [2.24, 2.45) is 5.73 Å². The van der Waals surface area contributed by atoms with Crippen LogP contribution in [0, 0.1) is 0 Å². The van der Waals surface area contributed by atoms with Crippen molar-refractivity contribution in [2.45, 2.75) is 19.1 Å². The molecule has 0 unspecified atom stereocenters. The summed E-state index contributed by atoms with van der Waals surface area (Å²) >= 11 is 0. The van der Waals surface area contributed by atoms with E-state index in [1.165, 1.54) is 11.1 Å². The van der Waals surface area contributed by atoms with Crippen molar-refractivity contribution in [1.82, 2.24) is 9.80 Å². The zero-order chi connectivity index (χ0) is 16.6. The minimum Gasteiger partial charge on any atom is -0.327 e. The Hall–Kier alpha value is -1.94. The minimum atomic E-state index is 0.422. The Labute approximate surface area is 145 Å². The van der Waals surface area contributed by atoms with E-state index in [1.807, 2.05) is 0 Å². The average Bonchev–Trinajstić information content (AvgIpc) is 2.63. The van der Waals surface area contributed by atoms with E-state index in [9.17, 15) is 0 Å². The first-order valence-corrected chi connectivity index (χ1v) is 8.76. The zero-order valence-corrected chi connectivity index (χ0v) is 14.2. The van der Waals surface area contributed by atoms with Crippen molar-refractivity contribution < 1.29 is 0 Å². The fourth-order valence-corrected chi connectivity index (χ4v) is 3.32. The first-order valence-electron chi connectivity index (χ1n) is 8.76. The van der Waals surface area contributed by atoms with Crippen LogP contribution in [0.1, 0.15) is 11.1 Å². The molecule has 3 heteroatoms. The molecule has 2 aromatic carbocycles. The zero-order valence-electron chi connectivity index (χ0n) is 14.2. The minimum absolute atomic E-state index is 0.422. The van der Waals surface area contributed by atoms with Crippen molar-refractivity contribution in [3.8, 4) is 0 Å². The first kappa shape index (κ1) is 16.9. The molecule has 2 N–H and O–H groups in total. The van der Waals surface area contributed by atoms with Crippen LogP contribution in [-0.4, -0.2) is 42.0 Å². The molecular formula is C21H27N3. The van der Waals surface area contributed by atoms with E-state index in [2.05, 4.69) is 82.6 Å². The van der Waals surface area contributed by atoms with Crippen LogP contribution in [0.4, 0.5) is 0 Å². The van der Waals surface area contributed by atoms with E-state index in [1.54, 1.807) is 0 Å². The van der Waals surface area contributed by atoms with Crippen LogP contribution in [0.3, 0.4) is 0 Å². The molecule has 3 nitrogen and oxygen atoms in total. The average molecular weight is 321 g/mol. The Morgan fingerprint density at radius 1 is 0.875 bits per heavy atom. The molecule has 0 spiro atoms. The van der Waals surface area contributed by atoms with E-state index in [0.717, 1.165) is 32.7 Å². The van der Waals surface area contributed by atoms with Gasteiger partial charge in [0, 0.05) is 45.3 Å². The summed E-state index contributed by atoms with van der Waals surface area (Å²) in [4.78, 5) is 5.10. The Morgan fingerprint density at radius 3 is 2.12 bits per heavy atom. The summed E-state index contributed by atoms with van der Waals surface area (Å²) in [7, 11) is 0. The summed E-state index contributed by atoms with van der Waals surface area (Å²) in [6.07, 6.45) is 4.37. The van der Waals surface area contributed by atoms with Gasteiger partial charge >= 0.3 is 0 Å². The fraction of sp³-hybridized carbons (Fsp3) is 0.333. The second-order valence-corrected chi connectivity index (χ2v) is 6.41. The summed E-state index contributed by atoms with van der Waals surface area (Å²) < 4.78 is 0. The molecule has 24 heavy (non-hydrogen) atoms. The van der Waals surface area contributed by atoms with E-state index in [-0.39, 0.29) is 0 Å². The molecule has 0 amide bonds. The monoisotopic (exact) mass is 321 g/mol. The van der Waals surface area contributed by atoms with Gasteiger partial charge in [0.2, 0.25) is 0 Å². The third-order valence-corrected chi connectivity index (χ3v) is 4.59. The van der Waals surface area contributed by atoms with E-state index in [0.29, 0.717) is 12.6 Å². The largest absolute Gasteiger partial charge is 0.327 e. The third-order valence-electron chi connectivity index (χ3n) is 4.59. The van der Waals surface area contributed by atoms with Gasteiger partial charge in [-0.05, 0) is 11.1 Å². The van der Waals surface area contributed by atoms with Crippen LogP contribution in [0.15, 0.2) is 72.8 Å². The van der Waals surface area contributed by atoms with Gasteiger partial charge in [0.05, 0.1) is 0 Å². The highest BCUT2D eigenvalue weighted by Gasteiger charge is 2.25. The van der Waals surface area contributed by atoms with Gasteiger partial charge in [0.1, 0.15) is 0 Å². The van der Waals surface area contributed by atoms with Crippen LogP contribution in [0.5, 0.6) is 0 Å². The van der Waals surface area contributed by atoms with Crippen molar-refractivity contribution in [3.05, 3.63) is 83.9 Å². The molecule has 0 aromatic heterocycles. The number of hydrogen-bond acceptors (Lipinski definition) is 3. The lowest BCUT2D eigenvalue weighted by atomic mass is 10.1. The quantitative estimate of drug-likeness (QED) is 0.831. The Kier molecular flexibility index (Phi) is 6.19. The van der Waals surface area contributed by atoms with Crippen molar-refractivity contribution >= 4 is 0 Å². The van der Waals surface area contributed by atoms with Crippen molar-refractivity contribution in [3.63, 3.8) is 0 Å². The van der Waals surface area contributed by atoms with E-state index in [4.69, 9.17) is 5.73 Å². The van der Waals surface area contributed by atoms with Crippen LogP contribution < -0.4 is 5.73 Å². The second-order valence-electron chi connectivity index (χ2n) is 6.41. The Bertz CT molecular complexity index is 624. The van der Waals surface area contributed by atoms with Crippen LogP contribution in [0.2, 0.25) is 0 Å². The van der Waals surface area contributed by atoms with Gasteiger partial charge in [0.25, 0.3) is 0 Å². The summed E-state index contributed by atoms with van der Waals surface area (Å²) in [6.45, 7) is 5.87. The number of benzene rings is 2. The summed E-state index contributed by atoms with van der Waals surface area (Å²) in [5.74, 6) is 0. The molecule has 0 saturated carbocycles. The highest BCUT2D eigenvalue weighted by atomic mass is 15.3. The van der Waals surface area contributed by atoms with Gasteiger partial charge in [-0.25, -0.2) is 0 Å². The second kappa shape index (κ2) is 8.78. The molecule has 2 aromatic rings. The SMILES string of the molecule is NCC=C[C@H]1CN(Cc2ccccc2)CCN1Cc1ccccc1. The molecular weight excluding hydrogens is 294 g/mol. The Balaban J connectivity index is 1.65. The molecule has 1 fully saturated rings. The first-order chi connectivity index (χ1) is 11.8. The molecule has 1 saturated heterocycles. The van der Waals surface area contributed by atoms with Crippen molar-refractivity contribution in [2.75, 3.05) is 26.2 Å². The maximum Gasteiger partial charge on any atom is 0.0410 e. The van der Waals surface area contributed by atoms with Gasteiger partial charge in [-0.1, -0.05) is 72.8 Å². The summed E-state index contributed by atoms with van der Waals surface area (Å²) in [6, 6.07) is 21.9. The number of piperazine rings is 1. The maximum absolute atomic E-state index is 5.68. The highest BCUT2D eigenvalue weighted by Crippen LogP contribution is 2.17. The van der Waals surface area contributed by atoms with Gasteiger partial charge in [-0.15, -0.1) is 0 Å². The fourth-order valence-electron chi connectivity index (χ4n) is 3.32. The lowest BCUT2D eigenvalue weighted by Gasteiger charge is -2.40. The molecule has 1 aliphatic rings. The van der Waals surface area contributed by atoms with Gasteiger partial charge < -0.3 is 5.73 Å². The van der Waals surface area contributed by atoms with Crippen LogP contribution in [-0.2, 0) is 13.1 Å². The molecule has 3 rings (SSSR count). The predicted octanol–water partition coefficient (Wildman–Crippen LogP) is 2.89. The van der Waals surface area contributed by atoms with Gasteiger partial charge in [0.15, 0.2) is 0 Å². The molecule has 0 radical (unpaired) electrons. The van der Waals surface area contributed by atoms with Crippen LogP contribution in [0.25, 0.3) is 0 Å². The molecule has 126 valence electrons. The summed E-state index contributed by atoms with van der Waals surface area (Å²) in [5.41, 5.74) is 8.44. The molecule has 1 aliphatic heterocycles. The maximum atomic E-state index is 5.68. The van der Waals surface area contributed by atoms with Gasteiger partial charge in [-0.3, -0.25) is 9.80 Å². The standard InChI is InChI=1S/C21H27N3/c22-13-7-12-21-18-23(16-19-8-3-1-4-9-19)14-15-24(21)17-20-10-5-2-6-11-20/h1-12,21H,13-18,22H2/t21-/m0/s1. The topological polar surface area (TPSA) is 32.5 Å². The number of nitrogens with zero attached hydrogens (tertiary/aromatic N) is 2. The Morgan fingerprint density at radius 2 is 1.50 bits per heavy atom. The summed E-state index contributed by atoms with van der Waals surface area (Å²) in [5, 5.41) is 0. The molecule has 0 bridgehead atoms. The molecule has 0 aliphatic carbocycles. The lowest BCUT2D eigenvalue weighted by Crippen LogP contribution is -2.51. The third kappa shape index (κ3) is 4.78. The lowest BCUT2D eigenvalue weighted by molar-refractivity contribution is 0.0867. The highest BCUT2D eigenvalue weighted by molar-refractivity contribution is 5.17. The number of rotatable bonds is 6. The number of nitrogens with two attached hydrogens (primary N) is 1. The van der Waals surface area contributed by atoms with Gasteiger partial charge in [-0.2, -0.15) is 0 Å². The van der Waals surface area contributed by atoms with E-state index >= 15 is 0 Å². The molecule has 1 heterocycles.